The van der Waals surface area contributed by atoms with Crippen molar-refractivity contribution in [3.8, 4) is 0 Å². The Balaban J connectivity index is 0.00000220. The predicted octanol–water partition coefficient (Wildman–Crippen LogP) is 2.01. The van der Waals surface area contributed by atoms with E-state index in [-0.39, 0.29) is 24.4 Å². The van der Waals surface area contributed by atoms with Gasteiger partial charge in [0.05, 0.1) is 12.1 Å². The Morgan fingerprint density at radius 2 is 2.14 bits per heavy atom. The molecule has 2 rings (SSSR count). The Kier molecular flexibility index (Phi) is 7.72. The molecule has 0 aliphatic carbocycles. The van der Waals surface area contributed by atoms with Gasteiger partial charge in [0.1, 0.15) is 0 Å². The zero-order valence-electron chi connectivity index (χ0n) is 12.5. The number of amides is 1. The minimum atomic E-state index is -0.410. The van der Waals surface area contributed by atoms with E-state index in [0.29, 0.717) is 6.54 Å². The Hall–Kier alpha value is -1.10. The predicted molar refractivity (Wildman–Crippen MR) is 86.6 cm³/mol. The van der Waals surface area contributed by atoms with Crippen LogP contribution in [-0.2, 0) is 16.0 Å². The highest BCUT2D eigenvalue weighted by Gasteiger charge is 2.27. The van der Waals surface area contributed by atoms with Crippen LogP contribution in [0.15, 0.2) is 30.3 Å². The molecule has 5 heteroatoms. The lowest BCUT2D eigenvalue weighted by atomic mass is 10.1. The highest BCUT2D eigenvalue weighted by atomic mass is 35.5. The molecule has 1 aromatic carbocycles. The number of carbonyl (C=O) groups is 1. The summed E-state index contributed by atoms with van der Waals surface area (Å²) in [4.78, 5) is 13.6. The average Bonchev–Trinajstić information content (AvgIpc) is 2.92. The minimum absolute atomic E-state index is 0. The van der Waals surface area contributed by atoms with Gasteiger partial charge in [0.25, 0.3) is 0 Å². The van der Waals surface area contributed by atoms with Crippen molar-refractivity contribution in [2.75, 3.05) is 19.7 Å². The third-order valence-electron chi connectivity index (χ3n) is 3.65. The maximum Gasteiger partial charge on any atom is 0.239 e. The van der Waals surface area contributed by atoms with Crippen molar-refractivity contribution in [1.29, 1.82) is 0 Å². The first-order valence-electron chi connectivity index (χ1n) is 7.36. The highest BCUT2D eigenvalue weighted by molar-refractivity contribution is 5.85. The van der Waals surface area contributed by atoms with E-state index < -0.39 is 6.04 Å². The van der Waals surface area contributed by atoms with Crippen LogP contribution >= 0.6 is 12.4 Å². The fourth-order valence-electron chi connectivity index (χ4n) is 2.52. The lowest BCUT2D eigenvalue weighted by Crippen LogP contribution is -2.41. The van der Waals surface area contributed by atoms with Gasteiger partial charge in [-0.25, -0.2) is 0 Å². The van der Waals surface area contributed by atoms with E-state index in [1.807, 2.05) is 11.0 Å². The van der Waals surface area contributed by atoms with Gasteiger partial charge in [0.2, 0.25) is 5.91 Å². The summed E-state index contributed by atoms with van der Waals surface area (Å²) in [5.74, 6) is 0.0281. The molecule has 1 amide bonds. The second kappa shape index (κ2) is 9.03. The lowest BCUT2D eigenvalue weighted by molar-refractivity contribution is -0.131. The van der Waals surface area contributed by atoms with E-state index in [4.69, 9.17) is 10.5 Å². The molecule has 1 fully saturated rings. The molecule has 21 heavy (non-hydrogen) atoms. The summed E-state index contributed by atoms with van der Waals surface area (Å²) in [5.41, 5.74) is 6.96. The maximum absolute atomic E-state index is 11.8. The molecule has 2 N–H and O–H groups in total. The van der Waals surface area contributed by atoms with Gasteiger partial charge in [-0.1, -0.05) is 30.3 Å². The van der Waals surface area contributed by atoms with Crippen LogP contribution in [0.25, 0.3) is 0 Å². The molecule has 1 aliphatic rings. The van der Waals surface area contributed by atoms with Gasteiger partial charge >= 0.3 is 0 Å². The Labute approximate surface area is 133 Å². The topological polar surface area (TPSA) is 55.6 Å². The zero-order valence-corrected chi connectivity index (χ0v) is 13.3. The highest BCUT2D eigenvalue weighted by Crippen LogP contribution is 2.14. The molecule has 118 valence electrons. The third kappa shape index (κ3) is 5.65. The summed E-state index contributed by atoms with van der Waals surface area (Å²) in [6, 6.07) is 10.0. The van der Waals surface area contributed by atoms with Crippen molar-refractivity contribution >= 4 is 18.3 Å². The molecule has 0 bridgehead atoms. The molecular weight excluding hydrogens is 288 g/mol. The summed E-state index contributed by atoms with van der Waals surface area (Å²) < 4.78 is 5.85. The molecule has 1 saturated heterocycles. The fraction of sp³-hybridized carbons (Fsp3) is 0.562. The summed E-state index contributed by atoms with van der Waals surface area (Å²) in [7, 11) is 0. The van der Waals surface area contributed by atoms with Gasteiger partial charge in [0, 0.05) is 19.7 Å². The summed E-state index contributed by atoms with van der Waals surface area (Å²) in [5, 5.41) is 0. The number of benzene rings is 1. The number of rotatable bonds is 6. The first-order chi connectivity index (χ1) is 9.66. The Morgan fingerprint density at radius 3 is 2.81 bits per heavy atom. The van der Waals surface area contributed by atoms with Crippen molar-refractivity contribution in [1.82, 2.24) is 4.90 Å². The van der Waals surface area contributed by atoms with Crippen LogP contribution in [0.5, 0.6) is 0 Å². The number of carbonyl (C=O) groups excluding carboxylic acids is 1. The van der Waals surface area contributed by atoms with Crippen LogP contribution < -0.4 is 5.73 Å². The second-order valence-corrected chi connectivity index (χ2v) is 5.44. The van der Waals surface area contributed by atoms with Crippen molar-refractivity contribution < 1.29 is 9.53 Å². The van der Waals surface area contributed by atoms with Gasteiger partial charge in [-0.3, -0.25) is 4.79 Å². The molecule has 1 unspecified atom stereocenters. The van der Waals surface area contributed by atoms with Gasteiger partial charge in [0.15, 0.2) is 0 Å². The van der Waals surface area contributed by atoms with Crippen LogP contribution in [0.4, 0.5) is 0 Å². The lowest BCUT2D eigenvalue weighted by Gasteiger charge is -2.18. The first-order valence-corrected chi connectivity index (χ1v) is 7.36. The van der Waals surface area contributed by atoms with Crippen molar-refractivity contribution in [2.45, 2.75) is 38.3 Å². The molecule has 0 aromatic heterocycles. The molecule has 0 spiro atoms. The summed E-state index contributed by atoms with van der Waals surface area (Å²) >= 11 is 0. The van der Waals surface area contributed by atoms with Crippen molar-refractivity contribution in [3.63, 3.8) is 0 Å². The fourth-order valence-corrected chi connectivity index (χ4v) is 2.52. The van der Waals surface area contributed by atoms with E-state index in [2.05, 4.69) is 24.3 Å². The third-order valence-corrected chi connectivity index (χ3v) is 3.65. The van der Waals surface area contributed by atoms with Crippen LogP contribution in [0, 0.1) is 0 Å². The molecule has 0 saturated carbocycles. The SMILES string of the molecule is C[C@H](N)C(=O)N1CCC(OCCCc2ccccc2)C1.Cl. The Morgan fingerprint density at radius 1 is 1.43 bits per heavy atom. The molecule has 1 aromatic rings. The molecule has 1 heterocycles. The van der Waals surface area contributed by atoms with E-state index in [1.165, 1.54) is 5.56 Å². The number of aryl methyl sites for hydroxylation is 1. The van der Waals surface area contributed by atoms with Crippen molar-refractivity contribution in [2.24, 2.45) is 5.73 Å². The van der Waals surface area contributed by atoms with Gasteiger partial charge in [-0.2, -0.15) is 0 Å². The van der Waals surface area contributed by atoms with Gasteiger partial charge in [-0.05, 0) is 31.7 Å². The van der Waals surface area contributed by atoms with E-state index in [9.17, 15) is 4.79 Å². The number of likely N-dealkylation sites (tertiary alicyclic amines) is 1. The van der Waals surface area contributed by atoms with Gasteiger partial charge < -0.3 is 15.4 Å². The van der Waals surface area contributed by atoms with Gasteiger partial charge in [-0.15, -0.1) is 12.4 Å². The van der Waals surface area contributed by atoms with Crippen molar-refractivity contribution in [3.05, 3.63) is 35.9 Å². The summed E-state index contributed by atoms with van der Waals surface area (Å²) in [6.07, 6.45) is 3.15. The van der Waals surface area contributed by atoms with Crippen LogP contribution in [0.2, 0.25) is 0 Å². The molecule has 2 atom stereocenters. The average molecular weight is 313 g/mol. The molecular formula is C16H25ClN2O2. The largest absolute Gasteiger partial charge is 0.376 e. The van der Waals surface area contributed by atoms with E-state index in [1.54, 1.807) is 6.92 Å². The zero-order chi connectivity index (χ0) is 14.4. The first kappa shape index (κ1) is 18.0. The van der Waals surface area contributed by atoms with Crippen LogP contribution in [0.1, 0.15) is 25.3 Å². The number of hydrogen-bond donors (Lipinski definition) is 1. The standard InChI is InChI=1S/C16H24N2O2.ClH/c1-13(17)16(19)18-10-9-15(12-18)20-11-5-8-14-6-3-2-4-7-14;/h2-4,6-7,13,15H,5,8-12,17H2,1H3;1H/t13-,15?;/m0./s1. The van der Waals surface area contributed by atoms with Crippen LogP contribution in [0.3, 0.4) is 0 Å². The second-order valence-electron chi connectivity index (χ2n) is 5.44. The molecule has 1 aliphatic heterocycles. The van der Waals surface area contributed by atoms with E-state index in [0.717, 1.165) is 32.4 Å². The Bertz CT molecular complexity index is 426. The van der Waals surface area contributed by atoms with E-state index >= 15 is 0 Å². The number of ether oxygens (including phenoxy) is 1. The minimum Gasteiger partial charge on any atom is -0.376 e. The monoisotopic (exact) mass is 312 g/mol. The molecule has 4 nitrogen and oxygen atoms in total. The quantitative estimate of drug-likeness (QED) is 0.818. The number of hydrogen-bond acceptors (Lipinski definition) is 3. The summed E-state index contributed by atoms with van der Waals surface area (Å²) in [6.45, 7) is 3.94. The number of nitrogens with zero attached hydrogens (tertiary/aromatic N) is 1. The molecule has 0 radical (unpaired) electrons. The number of halogens is 1. The normalized spacial score (nSPS) is 19.1. The maximum atomic E-state index is 11.8. The smallest absolute Gasteiger partial charge is 0.239 e. The number of nitrogens with two attached hydrogens (primary N) is 1. The van der Waals surface area contributed by atoms with Crippen LogP contribution in [-0.4, -0.2) is 42.6 Å².